The highest BCUT2D eigenvalue weighted by atomic mass is 35.5. The standard InChI is InChI=1S/C34H36F3N5O4.C23H20ClF3N4O2.C11H17NO2/c1-22-7-8-26(40-31(43)23-11-12-38-29(19-23)34(35,36)37)21-28(22)24-18-25(39-30(20-24)41-14-16-45-17-15-41)9-10-27-6-5-13-42(27)32(44)46-33(2,3)4;1-14-2-3-17(29-22(32)15-4-5-28-19(10-15)23(25,26)27)13-18(14)16-11-20(24)30-21(12-16)31-6-8-33-9-7-31;1-5-9-7-6-8-12(9)10(13)14-11(2,3)4/h7-8,11-12,18-21,27H,5-6,13-17H2,1-4H3,(H,40,43);2-5,10-13H,6-9H2,1H3,(H,29,32);1,9H,6-8H2,2-4H3/t27-;;9-/m1.0/s1. The molecular weight excluding hydrogens is 1230 g/mol. The van der Waals surface area contributed by atoms with Crippen molar-refractivity contribution in [1.82, 2.24) is 29.7 Å². The summed E-state index contributed by atoms with van der Waals surface area (Å²) in [6, 6.07) is 21.6. The fraction of sp³-hybridized carbons (Fsp3) is 0.412. The average molecular weight is 1310 g/mol. The molecule has 4 aliphatic heterocycles. The van der Waals surface area contributed by atoms with E-state index in [1.165, 1.54) is 12.1 Å². The highest BCUT2D eigenvalue weighted by Gasteiger charge is 2.36. The summed E-state index contributed by atoms with van der Waals surface area (Å²) >= 11 is 6.29. The van der Waals surface area contributed by atoms with Crippen molar-refractivity contribution in [2.75, 3.05) is 86.1 Å². The maximum absolute atomic E-state index is 13.2. The number of aromatic nitrogens is 4. The molecule has 8 heterocycles. The molecule has 4 saturated heterocycles. The monoisotopic (exact) mass is 1310 g/mol. The molecule has 4 aromatic heterocycles. The number of halogens is 7. The molecule has 10 rings (SSSR count). The lowest BCUT2D eigenvalue weighted by Gasteiger charge is -2.28. The van der Waals surface area contributed by atoms with Gasteiger partial charge in [0.1, 0.15) is 45.1 Å². The van der Waals surface area contributed by atoms with Gasteiger partial charge in [0.25, 0.3) is 11.8 Å². The first-order valence-corrected chi connectivity index (χ1v) is 30.5. The van der Waals surface area contributed by atoms with Crippen LogP contribution in [0.1, 0.15) is 116 Å². The van der Waals surface area contributed by atoms with Crippen molar-refractivity contribution in [1.29, 1.82) is 0 Å². The number of likely N-dealkylation sites (tertiary alicyclic amines) is 2. The third-order valence-electron chi connectivity index (χ3n) is 14.8. The van der Waals surface area contributed by atoms with Crippen LogP contribution in [0.5, 0.6) is 0 Å². The number of terminal acetylenes is 1. The number of amides is 4. The van der Waals surface area contributed by atoms with E-state index in [4.69, 9.17) is 42.0 Å². The Labute approximate surface area is 541 Å². The van der Waals surface area contributed by atoms with Crippen LogP contribution in [0.3, 0.4) is 0 Å². The largest absolute Gasteiger partial charge is 0.444 e. The second-order valence-electron chi connectivity index (χ2n) is 24.3. The summed E-state index contributed by atoms with van der Waals surface area (Å²) in [6.45, 7) is 21.2. The highest BCUT2D eigenvalue weighted by Crippen LogP contribution is 2.35. The molecule has 6 aromatic rings. The number of hydrogen-bond donors (Lipinski definition) is 2. The number of benzene rings is 2. The number of aryl methyl sites for hydroxylation is 2. The van der Waals surface area contributed by atoms with Crippen LogP contribution in [0.25, 0.3) is 22.3 Å². The van der Waals surface area contributed by atoms with Crippen LogP contribution < -0.4 is 20.4 Å². The normalized spacial score (nSPS) is 16.7. The molecule has 4 aliphatic rings. The molecule has 0 spiro atoms. The number of anilines is 4. The van der Waals surface area contributed by atoms with Crippen LogP contribution in [-0.2, 0) is 31.3 Å². The second kappa shape index (κ2) is 30.2. The van der Waals surface area contributed by atoms with E-state index in [0.717, 1.165) is 89.4 Å². The Morgan fingerprint density at radius 2 is 1.01 bits per heavy atom. The second-order valence-corrected chi connectivity index (χ2v) is 24.6. The highest BCUT2D eigenvalue weighted by molar-refractivity contribution is 6.29. The first kappa shape index (κ1) is 69.9. The summed E-state index contributed by atoms with van der Waals surface area (Å²) in [5.41, 5.74) is 2.80. The number of ether oxygens (including phenoxy) is 4. The van der Waals surface area contributed by atoms with Crippen LogP contribution >= 0.6 is 11.6 Å². The van der Waals surface area contributed by atoms with Gasteiger partial charge in [-0.1, -0.05) is 35.6 Å². The number of hydrogen-bond acceptors (Lipinski definition) is 14. The Morgan fingerprint density at radius 3 is 1.45 bits per heavy atom. The predicted molar refractivity (Wildman–Crippen MR) is 342 cm³/mol. The van der Waals surface area contributed by atoms with E-state index in [9.17, 15) is 45.5 Å². The third-order valence-corrected chi connectivity index (χ3v) is 15.0. The van der Waals surface area contributed by atoms with Gasteiger partial charge in [0, 0.05) is 74.2 Å². The number of carbonyl (C=O) groups is 4. The van der Waals surface area contributed by atoms with Gasteiger partial charge in [0.2, 0.25) is 0 Å². The number of nitrogens with one attached hydrogen (secondary N) is 2. The summed E-state index contributed by atoms with van der Waals surface area (Å²) in [5, 5.41) is 5.70. The van der Waals surface area contributed by atoms with Gasteiger partial charge >= 0.3 is 24.5 Å². The quantitative estimate of drug-likeness (QED) is 0.0830. The van der Waals surface area contributed by atoms with E-state index >= 15 is 0 Å². The summed E-state index contributed by atoms with van der Waals surface area (Å²) in [5.74, 6) is 9.12. The molecule has 0 saturated carbocycles. The van der Waals surface area contributed by atoms with Crippen molar-refractivity contribution >= 4 is 58.6 Å². The van der Waals surface area contributed by atoms with Crippen molar-refractivity contribution in [3.63, 3.8) is 0 Å². The molecule has 25 heteroatoms. The topological polar surface area (TPSA) is 194 Å². The van der Waals surface area contributed by atoms with Crippen LogP contribution in [0.2, 0.25) is 5.15 Å². The maximum Gasteiger partial charge on any atom is 0.433 e. The third kappa shape index (κ3) is 19.8. The Balaban J connectivity index is 0.000000205. The van der Waals surface area contributed by atoms with Gasteiger partial charge in [-0.15, -0.1) is 6.42 Å². The number of alkyl halides is 6. The van der Waals surface area contributed by atoms with E-state index in [1.807, 2.05) is 85.7 Å². The average Bonchev–Trinajstić information content (AvgIpc) is 2.32. The van der Waals surface area contributed by atoms with E-state index in [1.54, 1.807) is 40.1 Å². The van der Waals surface area contributed by atoms with Gasteiger partial charge in [-0.25, -0.2) is 19.6 Å². The molecule has 0 aliphatic carbocycles. The molecule has 4 fully saturated rings. The fourth-order valence-corrected chi connectivity index (χ4v) is 10.5. The zero-order valence-electron chi connectivity index (χ0n) is 52.9. The lowest BCUT2D eigenvalue weighted by atomic mass is 9.99. The first-order chi connectivity index (χ1) is 43.9. The molecule has 0 radical (unpaired) electrons. The SMILES string of the molecule is C#C[C@H]1CCCN1C(=O)OC(C)(C)C.Cc1ccc(NC(=O)c2ccnc(C(F)(F)F)c2)cc1-c1cc(C#C[C@H]2CCCN2C(=O)OC(C)(C)C)nc(N2CCOCC2)c1.Cc1ccc(NC(=O)c2ccnc(C(F)(F)F)c2)cc1-c1cc(Cl)nc(N2CCOCC2)c1. The number of nitrogens with zero attached hydrogens (tertiary/aromatic N) is 8. The zero-order chi connectivity index (χ0) is 67.4. The molecule has 2 aromatic carbocycles. The van der Waals surface area contributed by atoms with Gasteiger partial charge in [-0.3, -0.25) is 29.4 Å². The molecule has 0 unspecified atom stereocenters. The number of morpholine rings is 2. The van der Waals surface area contributed by atoms with E-state index < -0.39 is 52.9 Å². The number of pyridine rings is 4. The van der Waals surface area contributed by atoms with Gasteiger partial charge in [0.15, 0.2) is 0 Å². The number of carbonyl (C=O) groups excluding carboxylic acids is 4. The smallest absolute Gasteiger partial charge is 0.433 e. The Morgan fingerprint density at radius 1 is 0.581 bits per heavy atom. The minimum Gasteiger partial charge on any atom is -0.444 e. The van der Waals surface area contributed by atoms with Gasteiger partial charge in [0.05, 0.1) is 38.5 Å². The minimum absolute atomic E-state index is 0.0788. The summed E-state index contributed by atoms with van der Waals surface area (Å²) in [6.07, 6.45) is 0.662. The van der Waals surface area contributed by atoms with Gasteiger partial charge in [-0.2, -0.15) is 26.3 Å². The minimum atomic E-state index is -4.67. The van der Waals surface area contributed by atoms with Crippen LogP contribution in [-0.4, -0.2) is 143 Å². The molecule has 2 N–H and O–H groups in total. The van der Waals surface area contributed by atoms with Crippen molar-refractivity contribution in [2.45, 2.75) is 117 Å². The fourth-order valence-electron chi connectivity index (χ4n) is 10.3. The molecule has 0 bridgehead atoms. The summed E-state index contributed by atoms with van der Waals surface area (Å²) in [4.78, 5) is 73.3. The zero-order valence-corrected chi connectivity index (χ0v) is 53.6. The van der Waals surface area contributed by atoms with E-state index in [2.05, 4.69) is 53.1 Å². The molecule has 4 amide bonds. The predicted octanol–water partition coefficient (Wildman–Crippen LogP) is 13.5. The van der Waals surface area contributed by atoms with Crippen LogP contribution in [0.4, 0.5) is 58.9 Å². The van der Waals surface area contributed by atoms with E-state index in [0.29, 0.717) is 93.7 Å². The molecule has 18 nitrogen and oxygen atoms in total. The lowest BCUT2D eigenvalue weighted by molar-refractivity contribution is -0.142. The summed E-state index contributed by atoms with van der Waals surface area (Å²) in [7, 11) is 0. The van der Waals surface area contributed by atoms with Crippen molar-refractivity contribution in [3.8, 4) is 46.4 Å². The van der Waals surface area contributed by atoms with Crippen LogP contribution in [0, 0.1) is 38.0 Å². The van der Waals surface area contributed by atoms with Gasteiger partial charge < -0.3 is 39.4 Å². The Bertz CT molecular complexity index is 3790. The molecular formula is C68H73ClF6N10O8. The lowest BCUT2D eigenvalue weighted by Crippen LogP contribution is -2.39. The molecule has 2 atom stereocenters. The van der Waals surface area contributed by atoms with Crippen molar-refractivity contribution in [2.24, 2.45) is 0 Å². The van der Waals surface area contributed by atoms with E-state index in [-0.39, 0.29) is 29.3 Å². The first-order valence-electron chi connectivity index (χ1n) is 30.1. The Kier molecular flexibility index (Phi) is 22.7. The van der Waals surface area contributed by atoms with Crippen molar-refractivity contribution < 1.29 is 64.5 Å². The molecule has 492 valence electrons. The maximum atomic E-state index is 13.2. The van der Waals surface area contributed by atoms with Crippen molar-refractivity contribution in [3.05, 3.63) is 142 Å². The summed E-state index contributed by atoms with van der Waals surface area (Å²) < 4.78 is 100.0. The molecule has 93 heavy (non-hydrogen) atoms. The van der Waals surface area contributed by atoms with Gasteiger partial charge in [-0.05, 0) is 193 Å². The van der Waals surface area contributed by atoms with Crippen LogP contribution in [0.15, 0.2) is 97.3 Å². The number of rotatable bonds is 8. The Hall–Kier alpha value is -8.97.